The number of alkyl halides is 1. The van der Waals surface area contributed by atoms with Crippen LogP contribution in [0.25, 0.3) is 11.0 Å². The first kappa shape index (κ1) is 34.1. The van der Waals surface area contributed by atoms with Crippen LogP contribution in [0.1, 0.15) is 95.0 Å². The van der Waals surface area contributed by atoms with Gasteiger partial charge in [0, 0.05) is 49.2 Å². The smallest absolute Gasteiger partial charge is 0.374 e. The van der Waals surface area contributed by atoms with E-state index in [9.17, 15) is 18.8 Å². The third-order valence-electron chi connectivity index (χ3n) is 9.71. The number of ether oxygens (including phenoxy) is 2. The maximum atomic E-state index is 14.0. The van der Waals surface area contributed by atoms with Crippen molar-refractivity contribution in [3.8, 4) is 0 Å². The van der Waals surface area contributed by atoms with Gasteiger partial charge in [-0.2, -0.15) is 0 Å². The zero-order valence-electron chi connectivity index (χ0n) is 27.4. The molecule has 2 atom stereocenters. The maximum absolute atomic E-state index is 14.0. The molecule has 2 aromatic rings. The summed E-state index contributed by atoms with van der Waals surface area (Å²) < 4.78 is 29.8. The molecule has 3 N–H and O–H groups in total. The molecule has 2 heterocycles. The second kappa shape index (κ2) is 16.0. The van der Waals surface area contributed by atoms with Gasteiger partial charge in [0.25, 0.3) is 5.91 Å². The largest absolute Gasteiger partial charge is 0.460 e. The second-order valence-corrected chi connectivity index (χ2v) is 13.6. The number of nitrogens with zero attached hydrogens (tertiary/aromatic N) is 1. The van der Waals surface area contributed by atoms with E-state index in [-0.39, 0.29) is 36.0 Å². The number of halogens is 1. The van der Waals surface area contributed by atoms with E-state index in [0.29, 0.717) is 68.0 Å². The molecule has 0 spiro atoms. The number of nitrogens with two attached hydrogens (primary N) is 1. The van der Waals surface area contributed by atoms with Crippen molar-refractivity contribution in [1.29, 1.82) is 0 Å². The predicted molar refractivity (Wildman–Crippen MR) is 175 cm³/mol. The molecule has 5 rings (SSSR count). The van der Waals surface area contributed by atoms with Gasteiger partial charge < -0.3 is 29.8 Å². The third-order valence-corrected chi connectivity index (χ3v) is 9.71. The number of allylic oxidation sites excluding steroid dienone is 1. The number of nitrogens with one attached hydrogen (secondary N) is 1. The summed E-state index contributed by atoms with van der Waals surface area (Å²) >= 11 is 0. The highest BCUT2D eigenvalue weighted by Crippen LogP contribution is 2.38. The van der Waals surface area contributed by atoms with Crippen LogP contribution >= 0.6 is 0 Å². The van der Waals surface area contributed by atoms with Crippen molar-refractivity contribution in [3.63, 3.8) is 0 Å². The SMILES string of the molecule is CC(C)COCCCOC(=O)c1cc2cc(NC(=O)[C@@H]3C(=C4CCCCC4)CCN3C(=O)C3CCC([C@H](N)CF)CC3)ccc2o1. The summed E-state index contributed by atoms with van der Waals surface area (Å²) in [6.45, 7) is 5.57. The van der Waals surface area contributed by atoms with E-state index >= 15 is 0 Å². The number of likely N-dealkylation sites (tertiary alicyclic amines) is 1. The van der Waals surface area contributed by atoms with Gasteiger partial charge in [0.2, 0.25) is 11.7 Å². The normalized spacial score (nSPS) is 22.8. The summed E-state index contributed by atoms with van der Waals surface area (Å²) in [7, 11) is 0. The van der Waals surface area contributed by atoms with Crippen molar-refractivity contribution < 1.29 is 32.7 Å². The van der Waals surface area contributed by atoms with Gasteiger partial charge >= 0.3 is 5.97 Å². The molecule has 1 aliphatic heterocycles. The Hall–Kier alpha value is -3.24. The lowest BCUT2D eigenvalue weighted by molar-refractivity contribution is -0.140. The van der Waals surface area contributed by atoms with Gasteiger partial charge in [-0.15, -0.1) is 0 Å². The van der Waals surface area contributed by atoms with E-state index in [1.165, 1.54) is 12.0 Å². The standard InChI is InChI=1S/C36H50FN3O6/c1-23(2)22-44-17-6-18-45-36(43)32-20-27-19-28(13-14-31(27)46-32)39-34(41)33-29(24-7-4-3-5-8-24)15-16-40(33)35(42)26-11-9-25(10-12-26)30(38)21-37/h13-14,19-20,23,25-26,30,33H,3-12,15-18,21-22,38H2,1-2H3,(H,39,41)/t25?,26?,30-,33+/m1/s1. The summed E-state index contributed by atoms with van der Waals surface area (Å²) in [4.78, 5) is 42.3. The lowest BCUT2D eigenvalue weighted by Gasteiger charge is -2.34. The topological polar surface area (TPSA) is 124 Å². The monoisotopic (exact) mass is 639 g/mol. The van der Waals surface area contributed by atoms with Crippen LogP contribution in [0.15, 0.2) is 39.8 Å². The Morgan fingerprint density at radius 3 is 2.52 bits per heavy atom. The molecule has 252 valence electrons. The molecule has 1 saturated heterocycles. The van der Waals surface area contributed by atoms with Crippen molar-refractivity contribution in [1.82, 2.24) is 4.90 Å². The van der Waals surface area contributed by atoms with Crippen molar-refractivity contribution in [2.24, 2.45) is 23.5 Å². The summed E-state index contributed by atoms with van der Waals surface area (Å²) in [5, 5.41) is 3.73. The van der Waals surface area contributed by atoms with Crippen LogP contribution < -0.4 is 11.1 Å². The molecule has 9 nitrogen and oxygen atoms in total. The molecule has 10 heteroatoms. The van der Waals surface area contributed by atoms with Gasteiger partial charge in [0.05, 0.1) is 6.61 Å². The molecule has 2 amide bonds. The molecule has 2 aliphatic carbocycles. The molecule has 46 heavy (non-hydrogen) atoms. The quantitative estimate of drug-likeness (QED) is 0.153. The van der Waals surface area contributed by atoms with Gasteiger partial charge in [-0.05, 0) is 99.5 Å². The lowest BCUT2D eigenvalue weighted by atomic mass is 9.78. The zero-order chi connectivity index (χ0) is 32.6. The fourth-order valence-corrected chi connectivity index (χ4v) is 7.20. The maximum Gasteiger partial charge on any atom is 0.374 e. The van der Waals surface area contributed by atoms with Crippen LogP contribution in [-0.4, -0.2) is 67.8 Å². The minimum Gasteiger partial charge on any atom is -0.460 e. The third kappa shape index (κ3) is 8.37. The Morgan fingerprint density at radius 2 is 1.80 bits per heavy atom. The average Bonchev–Trinajstić information content (AvgIpc) is 3.71. The predicted octanol–water partition coefficient (Wildman–Crippen LogP) is 6.56. The number of hydrogen-bond acceptors (Lipinski definition) is 7. The number of amides is 2. The van der Waals surface area contributed by atoms with Crippen LogP contribution in [0.4, 0.5) is 10.1 Å². The lowest BCUT2D eigenvalue weighted by Crippen LogP contribution is -2.47. The number of carbonyl (C=O) groups is 3. The Kier molecular flexibility index (Phi) is 11.9. The Bertz CT molecular complexity index is 1390. The molecule has 2 saturated carbocycles. The Morgan fingerprint density at radius 1 is 1.04 bits per heavy atom. The molecule has 0 unspecified atom stereocenters. The first-order valence-corrected chi connectivity index (χ1v) is 17.2. The molecular formula is C36H50FN3O6. The van der Waals surface area contributed by atoms with E-state index in [1.54, 1.807) is 29.2 Å². The van der Waals surface area contributed by atoms with E-state index in [4.69, 9.17) is 19.6 Å². The highest BCUT2D eigenvalue weighted by atomic mass is 19.1. The van der Waals surface area contributed by atoms with Crippen molar-refractivity contribution in [2.75, 3.05) is 38.4 Å². The number of furan rings is 1. The van der Waals surface area contributed by atoms with Gasteiger partial charge in [-0.25, -0.2) is 9.18 Å². The van der Waals surface area contributed by atoms with E-state index in [1.807, 2.05) is 0 Å². The van der Waals surface area contributed by atoms with Crippen LogP contribution in [0, 0.1) is 17.8 Å². The number of hydrogen-bond donors (Lipinski definition) is 2. The number of rotatable bonds is 12. The van der Waals surface area contributed by atoms with Crippen LogP contribution in [0.3, 0.4) is 0 Å². The molecule has 1 aromatic carbocycles. The molecular weight excluding hydrogens is 589 g/mol. The van der Waals surface area contributed by atoms with Crippen LogP contribution in [0.5, 0.6) is 0 Å². The molecule has 1 aromatic heterocycles. The molecule has 3 aliphatic rings. The summed E-state index contributed by atoms with van der Waals surface area (Å²) in [5.74, 6) is -0.291. The summed E-state index contributed by atoms with van der Waals surface area (Å²) in [5.41, 5.74) is 9.44. The summed E-state index contributed by atoms with van der Waals surface area (Å²) in [6.07, 6.45) is 9.44. The molecule has 3 fully saturated rings. The minimum absolute atomic E-state index is 0.0127. The molecule has 0 radical (unpaired) electrons. The number of fused-ring (bicyclic) bond motifs is 1. The summed E-state index contributed by atoms with van der Waals surface area (Å²) in [6, 6.07) is 5.74. The van der Waals surface area contributed by atoms with Gasteiger partial charge in [0.15, 0.2) is 0 Å². The van der Waals surface area contributed by atoms with Gasteiger partial charge in [0.1, 0.15) is 18.3 Å². The van der Waals surface area contributed by atoms with E-state index in [2.05, 4.69) is 19.2 Å². The molecule has 0 bridgehead atoms. The Labute approximate surface area is 271 Å². The van der Waals surface area contributed by atoms with Crippen molar-refractivity contribution >= 4 is 34.4 Å². The van der Waals surface area contributed by atoms with Gasteiger partial charge in [-0.3, -0.25) is 9.59 Å². The number of benzene rings is 1. The zero-order valence-corrected chi connectivity index (χ0v) is 27.4. The van der Waals surface area contributed by atoms with Crippen molar-refractivity contribution in [2.45, 2.75) is 96.6 Å². The minimum atomic E-state index is -0.651. The fourth-order valence-electron chi connectivity index (χ4n) is 7.20. The highest BCUT2D eigenvalue weighted by molar-refractivity contribution is 6.02. The van der Waals surface area contributed by atoms with Crippen LogP contribution in [0.2, 0.25) is 0 Å². The number of carbonyl (C=O) groups excluding carboxylic acids is 3. The fraction of sp³-hybridized carbons (Fsp3) is 0.639. The van der Waals surface area contributed by atoms with Crippen LogP contribution in [-0.2, 0) is 19.1 Å². The average molecular weight is 640 g/mol. The first-order chi connectivity index (χ1) is 22.2. The number of esters is 1. The Balaban J connectivity index is 1.26. The van der Waals surface area contributed by atoms with Crippen molar-refractivity contribution in [3.05, 3.63) is 41.2 Å². The highest BCUT2D eigenvalue weighted by Gasteiger charge is 2.42. The van der Waals surface area contributed by atoms with Gasteiger partial charge in [-0.1, -0.05) is 25.8 Å². The van der Waals surface area contributed by atoms with E-state index < -0.39 is 24.7 Å². The second-order valence-electron chi connectivity index (χ2n) is 13.6. The first-order valence-electron chi connectivity index (χ1n) is 17.2. The van der Waals surface area contributed by atoms with E-state index in [0.717, 1.165) is 44.1 Å². The number of anilines is 1.